The van der Waals surface area contributed by atoms with E-state index in [9.17, 15) is 9.18 Å². The lowest BCUT2D eigenvalue weighted by Crippen LogP contribution is -2.42. The van der Waals surface area contributed by atoms with E-state index < -0.39 is 11.8 Å². The Kier molecular flexibility index (Phi) is 3.79. The number of hydrogen-bond acceptors (Lipinski definition) is 3. The van der Waals surface area contributed by atoms with Crippen LogP contribution in [-0.4, -0.2) is 36.3 Å². The monoisotopic (exact) mass is 278 g/mol. The van der Waals surface area contributed by atoms with Crippen molar-refractivity contribution >= 4 is 6.09 Å². The predicted molar refractivity (Wildman–Crippen MR) is 69.3 cm³/mol. The zero-order chi connectivity index (χ0) is 14.8. The van der Waals surface area contributed by atoms with E-state index in [4.69, 9.17) is 15.1 Å². The van der Waals surface area contributed by atoms with Crippen LogP contribution in [0, 0.1) is 11.3 Å². The summed E-state index contributed by atoms with van der Waals surface area (Å²) in [7, 11) is 1.43. The predicted octanol–water partition coefficient (Wildman–Crippen LogP) is 2.51. The van der Waals surface area contributed by atoms with E-state index in [0.29, 0.717) is 16.9 Å². The van der Waals surface area contributed by atoms with Gasteiger partial charge in [-0.3, -0.25) is 0 Å². The minimum absolute atomic E-state index is 0.106. The maximum absolute atomic E-state index is 14.9. The number of amides is 1. The molecule has 1 aliphatic rings. The van der Waals surface area contributed by atoms with E-state index in [-0.39, 0.29) is 25.9 Å². The molecule has 6 heteroatoms. The Labute approximate surface area is 116 Å². The van der Waals surface area contributed by atoms with Crippen molar-refractivity contribution in [2.45, 2.75) is 18.5 Å². The van der Waals surface area contributed by atoms with Gasteiger partial charge in [0.1, 0.15) is 17.5 Å². The van der Waals surface area contributed by atoms with Gasteiger partial charge in [-0.05, 0) is 17.7 Å². The fourth-order valence-electron chi connectivity index (χ4n) is 2.40. The molecule has 20 heavy (non-hydrogen) atoms. The number of benzene rings is 1. The summed E-state index contributed by atoms with van der Waals surface area (Å²) in [6.45, 7) is 0.322. The number of hydrogen-bond donors (Lipinski definition) is 1. The Morgan fingerprint density at radius 1 is 1.50 bits per heavy atom. The average molecular weight is 278 g/mol. The Bertz CT molecular complexity index is 560. The van der Waals surface area contributed by atoms with Crippen LogP contribution in [0.15, 0.2) is 18.2 Å². The molecule has 1 amide bonds. The maximum atomic E-state index is 14.9. The van der Waals surface area contributed by atoms with E-state index >= 15 is 0 Å². The van der Waals surface area contributed by atoms with Crippen molar-refractivity contribution in [2.75, 3.05) is 20.2 Å². The van der Waals surface area contributed by atoms with Gasteiger partial charge in [0.25, 0.3) is 0 Å². The van der Waals surface area contributed by atoms with Gasteiger partial charge < -0.3 is 14.7 Å². The van der Waals surface area contributed by atoms with Crippen molar-refractivity contribution in [3.63, 3.8) is 0 Å². The molecule has 0 unspecified atom stereocenters. The summed E-state index contributed by atoms with van der Waals surface area (Å²) in [6.07, 6.45) is -0.813. The van der Waals surface area contributed by atoms with E-state index in [0.717, 1.165) is 0 Å². The van der Waals surface area contributed by atoms with Crippen LogP contribution in [0.1, 0.15) is 24.0 Å². The van der Waals surface area contributed by atoms with Crippen molar-refractivity contribution in [3.8, 4) is 11.8 Å². The Balaban J connectivity index is 2.24. The van der Waals surface area contributed by atoms with Crippen LogP contribution >= 0.6 is 0 Å². The maximum Gasteiger partial charge on any atom is 0.407 e. The molecular weight excluding hydrogens is 263 g/mol. The minimum Gasteiger partial charge on any atom is -0.495 e. The number of nitrogens with zero attached hydrogens (tertiary/aromatic N) is 2. The lowest BCUT2D eigenvalue weighted by molar-refractivity contribution is 0.0550. The summed E-state index contributed by atoms with van der Waals surface area (Å²) in [5.74, 6) is 0.336. The third-order valence-electron chi connectivity index (χ3n) is 3.67. The molecule has 0 aromatic heterocycles. The van der Waals surface area contributed by atoms with Crippen LogP contribution in [0.3, 0.4) is 0 Å². The summed E-state index contributed by atoms with van der Waals surface area (Å²) < 4.78 is 20.0. The first-order valence-electron chi connectivity index (χ1n) is 6.25. The standard InChI is InChI=1S/C14H15FN2O3/c1-20-12-8-11(3-2-10(12)9-16)14(15)4-6-17(7-5-14)13(18)19/h2-3,8H,4-7H2,1H3,(H,18,19). The van der Waals surface area contributed by atoms with Crippen molar-refractivity contribution in [2.24, 2.45) is 0 Å². The summed E-state index contributed by atoms with van der Waals surface area (Å²) in [5.41, 5.74) is -0.797. The third-order valence-corrected chi connectivity index (χ3v) is 3.67. The molecule has 1 aromatic rings. The number of likely N-dealkylation sites (tertiary alicyclic amines) is 1. The minimum atomic E-state index is -1.58. The van der Waals surface area contributed by atoms with Gasteiger partial charge in [0.05, 0.1) is 12.7 Å². The van der Waals surface area contributed by atoms with Gasteiger partial charge in [-0.15, -0.1) is 0 Å². The van der Waals surface area contributed by atoms with Crippen LogP contribution in [0.2, 0.25) is 0 Å². The molecule has 0 saturated carbocycles. The highest BCUT2D eigenvalue weighted by molar-refractivity contribution is 5.65. The van der Waals surface area contributed by atoms with Crippen LogP contribution in [0.5, 0.6) is 5.75 Å². The molecule has 5 nitrogen and oxygen atoms in total. The summed E-state index contributed by atoms with van der Waals surface area (Å²) in [4.78, 5) is 12.0. The molecule has 1 aliphatic heterocycles. The first kappa shape index (κ1) is 14.1. The summed E-state index contributed by atoms with van der Waals surface area (Å²) in [5, 5.41) is 17.8. The van der Waals surface area contributed by atoms with Crippen molar-refractivity contribution < 1.29 is 19.0 Å². The van der Waals surface area contributed by atoms with Crippen LogP contribution in [0.25, 0.3) is 0 Å². The van der Waals surface area contributed by atoms with Gasteiger partial charge >= 0.3 is 6.09 Å². The number of halogens is 1. The Morgan fingerprint density at radius 2 is 2.15 bits per heavy atom. The molecular formula is C14H15FN2O3. The Morgan fingerprint density at radius 3 is 2.65 bits per heavy atom. The molecule has 1 N–H and O–H groups in total. The summed E-state index contributed by atoms with van der Waals surface area (Å²) in [6, 6.07) is 6.59. The second kappa shape index (κ2) is 5.37. The highest BCUT2D eigenvalue weighted by Gasteiger charge is 2.38. The smallest absolute Gasteiger partial charge is 0.407 e. The van der Waals surface area contributed by atoms with Gasteiger partial charge in [0.2, 0.25) is 0 Å². The number of nitriles is 1. The number of ether oxygens (including phenoxy) is 1. The number of carboxylic acid groups (broad SMARTS) is 1. The number of piperidine rings is 1. The fraction of sp³-hybridized carbons (Fsp3) is 0.429. The molecule has 0 bridgehead atoms. The number of carbonyl (C=O) groups is 1. The van der Waals surface area contributed by atoms with Crippen molar-refractivity contribution in [3.05, 3.63) is 29.3 Å². The lowest BCUT2D eigenvalue weighted by atomic mass is 9.85. The van der Waals surface area contributed by atoms with Crippen LogP contribution < -0.4 is 4.74 Å². The third kappa shape index (κ3) is 2.52. The van der Waals surface area contributed by atoms with Crippen molar-refractivity contribution in [1.82, 2.24) is 4.90 Å². The second-order valence-electron chi connectivity index (χ2n) is 4.76. The first-order chi connectivity index (χ1) is 9.50. The lowest BCUT2D eigenvalue weighted by Gasteiger charge is -2.35. The van der Waals surface area contributed by atoms with Crippen LogP contribution in [0.4, 0.5) is 9.18 Å². The first-order valence-corrected chi connectivity index (χ1v) is 6.25. The quantitative estimate of drug-likeness (QED) is 0.902. The molecule has 1 aromatic carbocycles. The fourth-order valence-corrected chi connectivity index (χ4v) is 2.40. The molecule has 0 aliphatic carbocycles. The molecule has 106 valence electrons. The largest absolute Gasteiger partial charge is 0.495 e. The van der Waals surface area contributed by atoms with Crippen LogP contribution in [-0.2, 0) is 5.67 Å². The van der Waals surface area contributed by atoms with Gasteiger partial charge in [0.15, 0.2) is 0 Å². The molecule has 0 spiro atoms. The van der Waals surface area contributed by atoms with E-state index in [1.54, 1.807) is 6.07 Å². The number of methoxy groups -OCH3 is 1. The van der Waals surface area contributed by atoms with E-state index in [1.807, 2.05) is 6.07 Å². The molecule has 1 saturated heterocycles. The molecule has 0 atom stereocenters. The van der Waals surface area contributed by atoms with E-state index in [2.05, 4.69) is 0 Å². The highest BCUT2D eigenvalue weighted by atomic mass is 19.1. The zero-order valence-electron chi connectivity index (χ0n) is 11.1. The molecule has 1 heterocycles. The van der Waals surface area contributed by atoms with Gasteiger partial charge in [-0.1, -0.05) is 6.07 Å². The second-order valence-corrected chi connectivity index (χ2v) is 4.76. The normalized spacial score (nSPS) is 17.4. The highest BCUT2D eigenvalue weighted by Crippen LogP contribution is 2.38. The Hall–Kier alpha value is -2.29. The van der Waals surface area contributed by atoms with Gasteiger partial charge in [0, 0.05) is 25.9 Å². The zero-order valence-corrected chi connectivity index (χ0v) is 11.1. The van der Waals surface area contributed by atoms with Crippen molar-refractivity contribution in [1.29, 1.82) is 5.26 Å². The topological polar surface area (TPSA) is 73.6 Å². The van der Waals surface area contributed by atoms with E-state index in [1.165, 1.54) is 24.1 Å². The van der Waals surface area contributed by atoms with Gasteiger partial charge in [-0.2, -0.15) is 5.26 Å². The number of alkyl halides is 1. The molecule has 1 fully saturated rings. The molecule has 0 radical (unpaired) electrons. The molecule has 2 rings (SSSR count). The van der Waals surface area contributed by atoms with Gasteiger partial charge in [-0.25, -0.2) is 9.18 Å². The average Bonchev–Trinajstić information content (AvgIpc) is 2.46. The SMILES string of the molecule is COc1cc(C2(F)CCN(C(=O)O)CC2)ccc1C#N. The summed E-state index contributed by atoms with van der Waals surface area (Å²) >= 11 is 0. The number of rotatable bonds is 2.